The van der Waals surface area contributed by atoms with Gasteiger partial charge in [0.25, 0.3) is 11.8 Å². The summed E-state index contributed by atoms with van der Waals surface area (Å²) in [5, 5.41) is 14.4. The van der Waals surface area contributed by atoms with E-state index in [0.29, 0.717) is 32.7 Å². The fraction of sp³-hybridized carbons (Fsp3) is 0.256. The van der Waals surface area contributed by atoms with Crippen molar-refractivity contribution in [2.24, 2.45) is 23.7 Å². The van der Waals surface area contributed by atoms with Gasteiger partial charge in [-0.1, -0.05) is 90.0 Å². The Balaban J connectivity index is 1.40. The second kappa shape index (κ2) is 11.2. The molecule has 0 aromatic heterocycles. The number of ether oxygens (including phenoxy) is 1. The van der Waals surface area contributed by atoms with Crippen molar-refractivity contribution in [1.82, 2.24) is 9.91 Å². The number of phenolic OH excluding ortho intramolecular Hbond substituents is 1. The van der Waals surface area contributed by atoms with Gasteiger partial charge in [0, 0.05) is 11.5 Å². The smallest absolute Gasteiger partial charge is 0.423 e. The topological polar surface area (TPSA) is 133 Å². The van der Waals surface area contributed by atoms with Gasteiger partial charge in [-0.15, -0.1) is 0 Å². The summed E-state index contributed by atoms with van der Waals surface area (Å²) < 4.78 is 4.81. The number of aromatic hydroxyl groups is 1. The highest BCUT2D eigenvalue weighted by atomic mass is 16.5. The summed E-state index contributed by atoms with van der Waals surface area (Å²) in [4.78, 5) is 70.8. The molecule has 6 atom stereocenters. The molecule has 2 N–H and O–H groups in total. The average molecular weight is 656 g/mol. The fourth-order valence-corrected chi connectivity index (χ4v) is 8.92. The monoisotopic (exact) mass is 655 g/mol. The molecule has 0 bridgehead atoms. The Bertz CT molecular complexity index is 2110. The van der Waals surface area contributed by atoms with Gasteiger partial charge < -0.3 is 9.84 Å². The number of aryl methyl sites for hydroxylation is 1. The van der Waals surface area contributed by atoms with Gasteiger partial charge in [0.1, 0.15) is 5.75 Å². The Morgan fingerprint density at radius 3 is 2.31 bits per heavy atom. The van der Waals surface area contributed by atoms with E-state index in [4.69, 9.17) is 4.74 Å². The SMILES string of the molecule is COC(=O)N1C(=O)[C@H]2[C@H](CC=C3[C@H]2C[C@H]2C(=O)N(Nc4ccc(C)cc4)C(=O)[C@@]2(c2ccccc2)[C@H]3c2c(O)ccc3ccccc23)C1=O. The molecule has 2 heterocycles. The molecule has 0 spiro atoms. The normalized spacial score (nSPS) is 27.5. The van der Waals surface area contributed by atoms with Crippen LogP contribution in [0.15, 0.2) is 103 Å². The molecule has 49 heavy (non-hydrogen) atoms. The molecule has 2 saturated heterocycles. The van der Waals surface area contributed by atoms with E-state index in [1.54, 1.807) is 24.3 Å². The van der Waals surface area contributed by atoms with E-state index in [0.717, 1.165) is 23.1 Å². The number of anilines is 1. The van der Waals surface area contributed by atoms with Crippen molar-refractivity contribution in [1.29, 1.82) is 0 Å². The van der Waals surface area contributed by atoms with Gasteiger partial charge in [0.2, 0.25) is 11.8 Å². The van der Waals surface area contributed by atoms with Gasteiger partial charge in [-0.25, -0.2) is 4.79 Å². The number of benzene rings is 4. The van der Waals surface area contributed by atoms with Crippen molar-refractivity contribution in [2.75, 3.05) is 12.5 Å². The van der Waals surface area contributed by atoms with Crippen molar-refractivity contribution >= 4 is 46.2 Å². The van der Waals surface area contributed by atoms with Gasteiger partial charge in [-0.2, -0.15) is 9.91 Å². The minimum absolute atomic E-state index is 0.0587. The first kappa shape index (κ1) is 30.6. The molecule has 10 heteroatoms. The summed E-state index contributed by atoms with van der Waals surface area (Å²) in [5.41, 5.74) is 4.82. The Morgan fingerprint density at radius 2 is 1.57 bits per heavy atom. The Hall–Kier alpha value is -5.77. The third-order valence-corrected chi connectivity index (χ3v) is 11.0. The number of fused-ring (bicyclic) bond motifs is 5. The molecule has 2 aliphatic heterocycles. The zero-order valence-electron chi connectivity index (χ0n) is 26.8. The van der Waals surface area contributed by atoms with E-state index in [2.05, 4.69) is 5.43 Å². The number of amides is 5. The summed E-state index contributed by atoms with van der Waals surface area (Å²) in [6.07, 6.45) is 1.04. The van der Waals surface area contributed by atoms with Gasteiger partial charge in [0.15, 0.2) is 0 Å². The third kappa shape index (κ3) is 4.22. The van der Waals surface area contributed by atoms with Gasteiger partial charge in [0.05, 0.1) is 36.0 Å². The lowest BCUT2D eigenvalue weighted by Gasteiger charge is -2.50. The first-order valence-corrected chi connectivity index (χ1v) is 16.3. The van der Waals surface area contributed by atoms with E-state index < -0.39 is 64.7 Å². The van der Waals surface area contributed by atoms with E-state index >= 15 is 4.79 Å². The molecule has 0 radical (unpaired) electrons. The number of methoxy groups -OCH3 is 1. The summed E-state index contributed by atoms with van der Waals surface area (Å²) in [5.74, 6) is -6.75. The van der Waals surface area contributed by atoms with Crippen LogP contribution >= 0.6 is 0 Å². The third-order valence-electron chi connectivity index (χ3n) is 11.0. The van der Waals surface area contributed by atoms with Crippen LogP contribution in [-0.4, -0.2) is 51.8 Å². The molecule has 10 nitrogen and oxygen atoms in total. The van der Waals surface area contributed by atoms with E-state index in [1.807, 2.05) is 79.7 Å². The standard InChI is InChI=1S/C39H33N3O7/c1-21-12-15-24(16-13-21)40-42-35(45)29-20-28-26(17-18-27-31(28)36(46)41(34(27)44)38(48)49-2)33(39(29,37(42)47)23-9-4-3-5-10-23)32-25-11-7-6-8-22(25)14-19-30(32)43/h3-17,19,27-29,31,33,40,43H,18,20H2,1-2H3/t27-,28+,29-,31-,33+,39+/m0/s1. The number of nitrogens with one attached hydrogen (secondary N) is 1. The average Bonchev–Trinajstić information content (AvgIpc) is 3.50. The number of likely N-dealkylation sites (tertiary alicyclic amines) is 1. The minimum atomic E-state index is -1.54. The highest BCUT2D eigenvalue weighted by Gasteiger charge is 2.71. The number of rotatable bonds is 4. The fourth-order valence-electron chi connectivity index (χ4n) is 8.92. The van der Waals surface area contributed by atoms with Crippen LogP contribution in [-0.2, 0) is 29.3 Å². The van der Waals surface area contributed by atoms with Crippen LogP contribution in [0.1, 0.15) is 35.4 Å². The van der Waals surface area contributed by atoms with Crippen LogP contribution in [0.3, 0.4) is 0 Å². The Labute approximate surface area is 281 Å². The van der Waals surface area contributed by atoms with Crippen molar-refractivity contribution in [3.05, 3.63) is 119 Å². The molecule has 8 rings (SSSR count). The number of nitrogens with zero attached hydrogens (tertiary/aromatic N) is 2. The number of carbonyl (C=O) groups is 5. The highest BCUT2D eigenvalue weighted by molar-refractivity contribution is 6.17. The van der Waals surface area contributed by atoms with Gasteiger partial charge in [-0.3, -0.25) is 24.6 Å². The summed E-state index contributed by atoms with van der Waals surface area (Å²) >= 11 is 0. The number of phenols is 1. The molecule has 4 aromatic rings. The summed E-state index contributed by atoms with van der Waals surface area (Å²) in [6, 6.07) is 27.4. The van der Waals surface area contributed by atoms with Crippen LogP contribution in [0.25, 0.3) is 10.8 Å². The molecular formula is C39H33N3O7. The van der Waals surface area contributed by atoms with Crippen LogP contribution in [0, 0.1) is 30.6 Å². The number of hydrazine groups is 1. The molecule has 246 valence electrons. The molecule has 1 saturated carbocycles. The number of carbonyl (C=O) groups excluding carboxylic acids is 5. The lowest BCUT2D eigenvalue weighted by molar-refractivity contribution is -0.140. The number of hydrogen-bond acceptors (Lipinski definition) is 8. The second-order valence-electron chi connectivity index (χ2n) is 13.3. The number of hydrogen-bond donors (Lipinski definition) is 2. The molecule has 4 aromatic carbocycles. The maximum absolute atomic E-state index is 15.3. The molecular weight excluding hydrogens is 622 g/mol. The van der Waals surface area contributed by atoms with Crippen molar-refractivity contribution in [3.8, 4) is 5.75 Å². The zero-order chi connectivity index (χ0) is 34.2. The molecule has 4 aliphatic rings. The molecule has 3 fully saturated rings. The lowest BCUT2D eigenvalue weighted by Crippen LogP contribution is -2.53. The summed E-state index contributed by atoms with van der Waals surface area (Å²) in [6.45, 7) is 1.94. The maximum Gasteiger partial charge on any atom is 0.423 e. The van der Waals surface area contributed by atoms with Crippen LogP contribution in [0.4, 0.5) is 10.5 Å². The van der Waals surface area contributed by atoms with Crippen LogP contribution in [0.2, 0.25) is 0 Å². The van der Waals surface area contributed by atoms with Crippen LogP contribution in [0.5, 0.6) is 5.75 Å². The highest BCUT2D eigenvalue weighted by Crippen LogP contribution is 2.65. The van der Waals surface area contributed by atoms with Crippen LogP contribution < -0.4 is 5.43 Å². The maximum atomic E-state index is 15.3. The summed E-state index contributed by atoms with van der Waals surface area (Å²) in [7, 11) is 1.11. The molecule has 0 unspecified atom stereocenters. The van der Waals surface area contributed by atoms with Gasteiger partial charge >= 0.3 is 6.09 Å². The Morgan fingerprint density at radius 1 is 0.857 bits per heavy atom. The van der Waals surface area contributed by atoms with E-state index in [1.165, 1.54) is 0 Å². The van der Waals surface area contributed by atoms with Crippen molar-refractivity contribution < 1.29 is 33.8 Å². The number of allylic oxidation sites excluding steroid dienone is 2. The van der Waals surface area contributed by atoms with Gasteiger partial charge in [-0.05, 0) is 60.2 Å². The molecule has 5 amide bonds. The number of imide groups is 4. The predicted octanol–water partition coefficient (Wildman–Crippen LogP) is 5.61. The zero-order valence-corrected chi connectivity index (χ0v) is 26.8. The first-order chi connectivity index (χ1) is 23.7. The first-order valence-electron chi connectivity index (χ1n) is 16.3. The van der Waals surface area contributed by atoms with E-state index in [-0.39, 0.29) is 18.6 Å². The second-order valence-corrected chi connectivity index (χ2v) is 13.3. The largest absolute Gasteiger partial charge is 0.508 e. The lowest BCUT2D eigenvalue weighted by atomic mass is 9.48. The quantitative estimate of drug-likeness (QED) is 0.214. The Kier molecular flexibility index (Phi) is 6.95. The minimum Gasteiger partial charge on any atom is -0.508 e. The van der Waals surface area contributed by atoms with Crippen molar-refractivity contribution in [2.45, 2.75) is 31.1 Å². The molecule has 2 aliphatic carbocycles. The van der Waals surface area contributed by atoms with Crippen molar-refractivity contribution in [3.63, 3.8) is 0 Å². The van der Waals surface area contributed by atoms with E-state index in [9.17, 15) is 24.3 Å². The predicted molar refractivity (Wildman–Crippen MR) is 179 cm³/mol.